The van der Waals surface area contributed by atoms with Crippen LogP contribution in [0, 0.1) is 5.82 Å². The number of nitrogens with one attached hydrogen (secondary N) is 2. The maximum atomic E-state index is 12.9. The summed E-state index contributed by atoms with van der Waals surface area (Å²) in [5.41, 5.74) is 1.33. The highest BCUT2D eigenvalue weighted by Crippen LogP contribution is 2.23. The van der Waals surface area contributed by atoms with Crippen LogP contribution in [0.25, 0.3) is 11.3 Å². The number of fused-ring (bicyclic) bond motifs is 1. The normalized spacial score (nSPS) is 10.8. The lowest BCUT2D eigenvalue weighted by Crippen LogP contribution is -2.07. The van der Waals surface area contributed by atoms with E-state index in [4.69, 9.17) is 0 Å². The zero-order valence-corrected chi connectivity index (χ0v) is 11.3. The minimum Gasteiger partial charge on any atom is -0.367 e. The average molecular weight is 288 g/mol. The molecule has 0 aliphatic heterocycles. The van der Waals surface area contributed by atoms with Gasteiger partial charge in [0, 0.05) is 12.2 Å². The van der Waals surface area contributed by atoms with E-state index >= 15 is 0 Å². The van der Waals surface area contributed by atoms with Gasteiger partial charge in [-0.1, -0.05) is 6.92 Å². The molecule has 0 fully saturated rings. The maximum Gasteiger partial charge on any atom is 0.245 e. The summed E-state index contributed by atoms with van der Waals surface area (Å²) in [4.78, 5) is 8.62. The number of hydrogen-bond donors (Lipinski definition) is 2. The molecule has 3 aromatic rings. The molecule has 2 N–H and O–H groups in total. The predicted octanol–water partition coefficient (Wildman–Crippen LogP) is 2.72. The van der Waals surface area contributed by atoms with Gasteiger partial charge in [0.15, 0.2) is 11.6 Å². The van der Waals surface area contributed by atoms with E-state index < -0.39 is 0 Å². The van der Waals surface area contributed by atoms with Crippen LogP contribution in [0.3, 0.4) is 0 Å². The molecule has 21 heavy (non-hydrogen) atoms. The van der Waals surface area contributed by atoms with Crippen LogP contribution in [0.1, 0.15) is 13.3 Å². The van der Waals surface area contributed by atoms with Crippen molar-refractivity contribution in [3.05, 3.63) is 30.1 Å². The number of aromatic nitrogens is 4. The molecular formula is C13H13FN6O. The second-order valence-electron chi connectivity index (χ2n) is 4.39. The molecule has 0 aliphatic carbocycles. The van der Waals surface area contributed by atoms with Gasteiger partial charge in [0.1, 0.15) is 5.82 Å². The molecule has 1 aromatic carbocycles. The minimum atomic E-state index is -0.299. The Morgan fingerprint density at radius 3 is 2.38 bits per heavy atom. The van der Waals surface area contributed by atoms with Crippen molar-refractivity contribution in [3.8, 4) is 0 Å². The van der Waals surface area contributed by atoms with Crippen molar-refractivity contribution in [2.75, 3.05) is 17.2 Å². The number of nitrogens with zero attached hydrogens (tertiary/aromatic N) is 4. The van der Waals surface area contributed by atoms with Gasteiger partial charge in [-0.15, -0.1) is 0 Å². The third-order valence-electron chi connectivity index (χ3n) is 2.76. The van der Waals surface area contributed by atoms with Gasteiger partial charge in [-0.05, 0) is 41.0 Å². The molecule has 8 heteroatoms. The van der Waals surface area contributed by atoms with Crippen LogP contribution < -0.4 is 10.6 Å². The fourth-order valence-electron chi connectivity index (χ4n) is 1.76. The summed E-state index contributed by atoms with van der Waals surface area (Å²) < 4.78 is 17.6. The fraction of sp³-hybridized carbons (Fsp3) is 0.231. The van der Waals surface area contributed by atoms with E-state index in [1.165, 1.54) is 12.1 Å². The van der Waals surface area contributed by atoms with E-state index in [0.717, 1.165) is 13.0 Å². The topological polar surface area (TPSA) is 88.8 Å². The second kappa shape index (κ2) is 5.70. The highest BCUT2D eigenvalue weighted by molar-refractivity contribution is 5.76. The Hall–Kier alpha value is -2.77. The van der Waals surface area contributed by atoms with Crippen LogP contribution in [0.5, 0.6) is 0 Å². The van der Waals surface area contributed by atoms with Crippen molar-refractivity contribution < 1.29 is 9.02 Å². The van der Waals surface area contributed by atoms with E-state index in [1.54, 1.807) is 12.1 Å². The van der Waals surface area contributed by atoms with Crippen molar-refractivity contribution in [1.82, 2.24) is 20.3 Å². The van der Waals surface area contributed by atoms with Gasteiger partial charge in [-0.2, -0.15) is 0 Å². The molecule has 0 aliphatic rings. The molecule has 0 bridgehead atoms. The largest absolute Gasteiger partial charge is 0.367 e. The third-order valence-corrected chi connectivity index (χ3v) is 2.76. The van der Waals surface area contributed by atoms with Gasteiger partial charge in [-0.3, -0.25) is 0 Å². The highest BCUT2D eigenvalue weighted by atomic mass is 19.1. The second-order valence-corrected chi connectivity index (χ2v) is 4.39. The van der Waals surface area contributed by atoms with Crippen LogP contribution in [0.2, 0.25) is 0 Å². The van der Waals surface area contributed by atoms with E-state index in [2.05, 4.69) is 35.5 Å². The molecule has 108 valence electrons. The maximum absolute atomic E-state index is 12.9. The van der Waals surface area contributed by atoms with Gasteiger partial charge < -0.3 is 10.6 Å². The lowest BCUT2D eigenvalue weighted by molar-refractivity contribution is 0.314. The Balaban J connectivity index is 1.95. The minimum absolute atomic E-state index is 0.299. The first-order chi connectivity index (χ1) is 10.3. The van der Waals surface area contributed by atoms with Gasteiger partial charge in [0.25, 0.3) is 0 Å². The van der Waals surface area contributed by atoms with E-state index in [0.29, 0.717) is 28.6 Å². The summed E-state index contributed by atoms with van der Waals surface area (Å²) in [6.45, 7) is 2.78. The summed E-state index contributed by atoms with van der Waals surface area (Å²) in [6.07, 6.45) is 0.937. The number of benzene rings is 1. The molecule has 2 aromatic heterocycles. The molecule has 0 unspecified atom stereocenters. The Kier molecular flexibility index (Phi) is 3.59. The van der Waals surface area contributed by atoms with E-state index in [-0.39, 0.29) is 5.82 Å². The van der Waals surface area contributed by atoms with Crippen LogP contribution in [0.15, 0.2) is 28.9 Å². The molecule has 0 amide bonds. The molecule has 7 nitrogen and oxygen atoms in total. The summed E-state index contributed by atoms with van der Waals surface area (Å²) in [6, 6.07) is 5.97. The SMILES string of the molecule is CCCNc1nc2nonc2nc1Nc1ccc(F)cc1. The molecule has 0 spiro atoms. The van der Waals surface area contributed by atoms with Crippen LogP contribution in [0.4, 0.5) is 21.7 Å². The lowest BCUT2D eigenvalue weighted by atomic mass is 10.3. The molecule has 2 heterocycles. The van der Waals surface area contributed by atoms with Crippen molar-refractivity contribution in [1.29, 1.82) is 0 Å². The Bertz CT molecular complexity index is 742. The molecule has 0 saturated carbocycles. The van der Waals surface area contributed by atoms with E-state index in [9.17, 15) is 4.39 Å². The monoisotopic (exact) mass is 288 g/mol. The first kappa shape index (κ1) is 13.2. The van der Waals surface area contributed by atoms with Crippen molar-refractivity contribution in [2.24, 2.45) is 0 Å². The number of halogens is 1. The zero-order valence-electron chi connectivity index (χ0n) is 11.3. The average Bonchev–Trinajstić information content (AvgIpc) is 2.94. The third kappa shape index (κ3) is 2.88. The smallest absolute Gasteiger partial charge is 0.245 e. The quantitative estimate of drug-likeness (QED) is 0.746. The number of anilines is 3. The van der Waals surface area contributed by atoms with Crippen LogP contribution in [-0.2, 0) is 0 Å². The Labute approximate surface area is 119 Å². The van der Waals surface area contributed by atoms with E-state index in [1.807, 2.05) is 6.92 Å². The predicted molar refractivity (Wildman–Crippen MR) is 75.9 cm³/mol. The van der Waals surface area contributed by atoms with Gasteiger partial charge in [0.05, 0.1) is 0 Å². The lowest BCUT2D eigenvalue weighted by Gasteiger charge is -2.11. The van der Waals surface area contributed by atoms with Crippen LogP contribution >= 0.6 is 0 Å². The number of hydrogen-bond acceptors (Lipinski definition) is 7. The van der Waals surface area contributed by atoms with Gasteiger partial charge in [-0.25, -0.2) is 19.0 Å². The Morgan fingerprint density at radius 1 is 1.05 bits per heavy atom. The zero-order chi connectivity index (χ0) is 14.7. The van der Waals surface area contributed by atoms with Gasteiger partial charge >= 0.3 is 0 Å². The molecule has 0 saturated heterocycles. The number of rotatable bonds is 5. The first-order valence-corrected chi connectivity index (χ1v) is 6.53. The summed E-state index contributed by atoms with van der Waals surface area (Å²) in [7, 11) is 0. The summed E-state index contributed by atoms with van der Waals surface area (Å²) in [5, 5.41) is 13.6. The molecule has 3 rings (SSSR count). The Morgan fingerprint density at radius 2 is 1.71 bits per heavy atom. The molecule has 0 radical (unpaired) electrons. The molecule has 0 atom stereocenters. The standard InChI is InChI=1S/C13H13FN6O/c1-2-7-15-10-11(16-9-5-3-8(14)4-6-9)18-13-12(17-10)19-21-20-13/h3-6H,2,7H2,1H3,(H,15,17,19)(H,16,18,20). The summed E-state index contributed by atoms with van der Waals surface area (Å²) >= 11 is 0. The highest BCUT2D eigenvalue weighted by Gasteiger charge is 2.12. The van der Waals surface area contributed by atoms with Crippen molar-refractivity contribution >= 4 is 28.6 Å². The molecular weight excluding hydrogens is 275 g/mol. The van der Waals surface area contributed by atoms with Gasteiger partial charge in [0.2, 0.25) is 11.3 Å². The summed E-state index contributed by atoms with van der Waals surface area (Å²) in [5.74, 6) is 0.731. The fourth-order valence-corrected chi connectivity index (χ4v) is 1.76. The first-order valence-electron chi connectivity index (χ1n) is 6.53. The van der Waals surface area contributed by atoms with Crippen molar-refractivity contribution in [2.45, 2.75) is 13.3 Å². The van der Waals surface area contributed by atoms with Crippen LogP contribution in [-0.4, -0.2) is 26.8 Å². The van der Waals surface area contributed by atoms with Crippen molar-refractivity contribution in [3.63, 3.8) is 0 Å².